The lowest BCUT2D eigenvalue weighted by Crippen LogP contribution is -2.46. The maximum Gasteiger partial charge on any atom is 0.317 e. The Hall–Kier alpha value is -3.15. The lowest BCUT2D eigenvalue weighted by molar-refractivity contribution is 0.106. The monoisotopic (exact) mass is 362 g/mol. The highest BCUT2D eigenvalue weighted by Crippen LogP contribution is 2.19. The topological polar surface area (TPSA) is 67.4 Å². The van der Waals surface area contributed by atoms with Crippen molar-refractivity contribution in [2.75, 3.05) is 13.1 Å². The zero-order chi connectivity index (χ0) is 18.5. The number of carbonyl (C=O) groups is 1. The summed E-state index contributed by atoms with van der Waals surface area (Å²) in [5.74, 6) is 0.538. The maximum absolute atomic E-state index is 12.5. The summed E-state index contributed by atoms with van der Waals surface area (Å²) < 4.78 is 5.83. The van der Waals surface area contributed by atoms with Gasteiger partial charge in [0.2, 0.25) is 5.88 Å². The standard InChI is InChI=1S/C21H22N4O2/c26-21(22-15-17-7-3-6-16-5-1-2-8-19(16)17)25-13-10-18(11-14-25)27-20-9-4-12-23-24-20/h1-9,12,18H,10-11,13-15H2,(H,22,26). The number of benzene rings is 2. The third kappa shape index (κ3) is 4.16. The second-order valence-electron chi connectivity index (χ2n) is 6.66. The van der Waals surface area contributed by atoms with Crippen LogP contribution in [0.3, 0.4) is 0 Å². The summed E-state index contributed by atoms with van der Waals surface area (Å²) in [6.45, 7) is 1.87. The fraction of sp³-hybridized carbons (Fsp3) is 0.286. The molecule has 138 valence electrons. The lowest BCUT2D eigenvalue weighted by atomic mass is 10.0. The molecule has 2 heterocycles. The molecule has 0 bridgehead atoms. The van der Waals surface area contributed by atoms with Crippen molar-refractivity contribution in [2.45, 2.75) is 25.5 Å². The number of nitrogens with zero attached hydrogens (tertiary/aromatic N) is 3. The largest absolute Gasteiger partial charge is 0.473 e. The number of aromatic nitrogens is 2. The molecule has 2 amide bonds. The zero-order valence-corrected chi connectivity index (χ0v) is 15.0. The summed E-state index contributed by atoms with van der Waals surface area (Å²) >= 11 is 0. The van der Waals surface area contributed by atoms with Crippen LogP contribution in [0.4, 0.5) is 4.79 Å². The summed E-state index contributed by atoms with van der Waals surface area (Å²) in [7, 11) is 0. The van der Waals surface area contributed by atoms with Gasteiger partial charge in [0.05, 0.1) is 0 Å². The van der Waals surface area contributed by atoms with Gasteiger partial charge < -0.3 is 15.0 Å². The van der Waals surface area contributed by atoms with Crippen LogP contribution in [0.1, 0.15) is 18.4 Å². The van der Waals surface area contributed by atoms with Gasteiger partial charge in [-0.15, -0.1) is 5.10 Å². The van der Waals surface area contributed by atoms with Crippen molar-refractivity contribution >= 4 is 16.8 Å². The highest BCUT2D eigenvalue weighted by atomic mass is 16.5. The predicted octanol–water partition coefficient (Wildman–Crippen LogP) is 3.38. The highest BCUT2D eigenvalue weighted by molar-refractivity contribution is 5.86. The molecule has 1 N–H and O–H groups in total. The van der Waals surface area contributed by atoms with Crippen LogP contribution in [0, 0.1) is 0 Å². The maximum atomic E-state index is 12.5. The van der Waals surface area contributed by atoms with E-state index in [0.717, 1.165) is 18.4 Å². The summed E-state index contributed by atoms with van der Waals surface area (Å²) in [6, 6.07) is 18.0. The Morgan fingerprint density at radius 3 is 2.70 bits per heavy atom. The Morgan fingerprint density at radius 1 is 1.07 bits per heavy atom. The lowest BCUT2D eigenvalue weighted by Gasteiger charge is -2.31. The fourth-order valence-corrected chi connectivity index (χ4v) is 3.43. The van der Waals surface area contributed by atoms with E-state index >= 15 is 0 Å². The van der Waals surface area contributed by atoms with Crippen molar-refractivity contribution in [3.05, 3.63) is 66.4 Å². The fourth-order valence-electron chi connectivity index (χ4n) is 3.43. The van der Waals surface area contributed by atoms with Gasteiger partial charge in [0, 0.05) is 44.7 Å². The molecule has 0 aliphatic carbocycles. The number of carbonyl (C=O) groups excluding carboxylic acids is 1. The average Bonchev–Trinajstić information content (AvgIpc) is 2.73. The van der Waals surface area contributed by atoms with Gasteiger partial charge in [0.25, 0.3) is 0 Å². The van der Waals surface area contributed by atoms with Gasteiger partial charge in [-0.1, -0.05) is 42.5 Å². The quantitative estimate of drug-likeness (QED) is 0.773. The van der Waals surface area contributed by atoms with Crippen molar-refractivity contribution in [3.63, 3.8) is 0 Å². The van der Waals surface area contributed by atoms with E-state index in [-0.39, 0.29) is 12.1 Å². The van der Waals surface area contributed by atoms with Crippen molar-refractivity contribution in [1.29, 1.82) is 0 Å². The first kappa shape index (κ1) is 17.3. The molecule has 1 aliphatic heterocycles. The molecule has 0 unspecified atom stereocenters. The number of piperidine rings is 1. The molecule has 0 atom stereocenters. The van der Waals surface area contributed by atoms with E-state index in [1.807, 2.05) is 23.1 Å². The molecule has 0 radical (unpaired) electrons. The van der Waals surface area contributed by atoms with E-state index < -0.39 is 0 Å². The molecular formula is C21H22N4O2. The van der Waals surface area contributed by atoms with Crippen LogP contribution in [0.25, 0.3) is 10.8 Å². The van der Waals surface area contributed by atoms with Gasteiger partial charge in [0.1, 0.15) is 6.10 Å². The second kappa shape index (κ2) is 8.03. The molecule has 27 heavy (non-hydrogen) atoms. The second-order valence-corrected chi connectivity index (χ2v) is 6.66. The van der Waals surface area contributed by atoms with E-state index in [9.17, 15) is 4.79 Å². The minimum Gasteiger partial charge on any atom is -0.473 e. The normalized spacial score (nSPS) is 14.9. The number of ether oxygens (including phenoxy) is 1. The van der Waals surface area contributed by atoms with Crippen LogP contribution in [0.5, 0.6) is 5.88 Å². The van der Waals surface area contributed by atoms with Crippen LogP contribution < -0.4 is 10.1 Å². The number of amides is 2. The van der Waals surface area contributed by atoms with Crippen molar-refractivity contribution in [3.8, 4) is 5.88 Å². The van der Waals surface area contributed by atoms with Crippen LogP contribution in [0.2, 0.25) is 0 Å². The SMILES string of the molecule is O=C(NCc1cccc2ccccc12)N1CCC(Oc2cccnn2)CC1. The van der Waals surface area contributed by atoms with Gasteiger partial charge in [-0.25, -0.2) is 4.79 Å². The van der Waals surface area contributed by atoms with Gasteiger partial charge in [-0.2, -0.15) is 5.10 Å². The van der Waals surface area contributed by atoms with Gasteiger partial charge in [-0.3, -0.25) is 0 Å². The van der Waals surface area contributed by atoms with Crippen LogP contribution in [0.15, 0.2) is 60.8 Å². The summed E-state index contributed by atoms with van der Waals surface area (Å²) in [5.41, 5.74) is 1.13. The molecule has 1 aromatic heterocycles. The molecule has 6 nitrogen and oxygen atoms in total. The number of nitrogens with one attached hydrogen (secondary N) is 1. The van der Waals surface area contributed by atoms with Gasteiger partial charge in [-0.05, 0) is 22.4 Å². The van der Waals surface area contributed by atoms with E-state index in [1.54, 1.807) is 18.3 Å². The highest BCUT2D eigenvalue weighted by Gasteiger charge is 2.24. The van der Waals surface area contributed by atoms with Crippen molar-refractivity contribution in [2.24, 2.45) is 0 Å². The van der Waals surface area contributed by atoms with E-state index in [0.29, 0.717) is 25.5 Å². The number of likely N-dealkylation sites (tertiary alicyclic amines) is 1. The molecule has 3 aromatic rings. The zero-order valence-electron chi connectivity index (χ0n) is 15.0. The molecular weight excluding hydrogens is 340 g/mol. The Morgan fingerprint density at radius 2 is 1.89 bits per heavy atom. The van der Waals surface area contributed by atoms with E-state index in [4.69, 9.17) is 4.74 Å². The van der Waals surface area contributed by atoms with Crippen LogP contribution in [-0.4, -0.2) is 40.3 Å². The Kier molecular flexibility index (Phi) is 5.14. The third-order valence-corrected chi connectivity index (χ3v) is 4.87. The first-order chi connectivity index (χ1) is 13.3. The van der Waals surface area contributed by atoms with Gasteiger partial charge in [0.15, 0.2) is 0 Å². The van der Waals surface area contributed by atoms with Crippen molar-refractivity contribution < 1.29 is 9.53 Å². The average molecular weight is 362 g/mol. The Bertz CT molecular complexity index is 903. The van der Waals surface area contributed by atoms with Gasteiger partial charge >= 0.3 is 6.03 Å². The first-order valence-corrected chi connectivity index (χ1v) is 9.23. The number of hydrogen-bond acceptors (Lipinski definition) is 4. The van der Waals surface area contributed by atoms with E-state index in [2.05, 4.69) is 39.8 Å². The summed E-state index contributed by atoms with van der Waals surface area (Å²) in [5, 5.41) is 13.2. The van der Waals surface area contributed by atoms with Crippen LogP contribution in [-0.2, 0) is 6.54 Å². The van der Waals surface area contributed by atoms with E-state index in [1.165, 1.54) is 10.8 Å². The van der Waals surface area contributed by atoms with Crippen LogP contribution >= 0.6 is 0 Å². The number of urea groups is 1. The Balaban J connectivity index is 1.29. The molecule has 4 rings (SSSR count). The predicted molar refractivity (Wildman–Crippen MR) is 103 cm³/mol. The summed E-state index contributed by atoms with van der Waals surface area (Å²) in [6.07, 6.45) is 3.27. The molecule has 0 spiro atoms. The smallest absolute Gasteiger partial charge is 0.317 e. The molecule has 1 aliphatic rings. The molecule has 0 saturated carbocycles. The number of hydrogen-bond donors (Lipinski definition) is 1. The minimum atomic E-state index is -0.0270. The summed E-state index contributed by atoms with van der Waals surface area (Å²) in [4.78, 5) is 14.4. The first-order valence-electron chi connectivity index (χ1n) is 9.23. The molecule has 2 aromatic carbocycles. The Labute approximate surface area is 158 Å². The number of rotatable bonds is 4. The molecule has 6 heteroatoms. The third-order valence-electron chi connectivity index (χ3n) is 4.87. The minimum absolute atomic E-state index is 0.0270. The molecule has 1 fully saturated rings. The van der Waals surface area contributed by atoms with Crippen molar-refractivity contribution in [1.82, 2.24) is 20.4 Å². The molecule has 1 saturated heterocycles. The number of fused-ring (bicyclic) bond motifs is 1.